The number of carboxylic acid groups (broad SMARTS) is 1. The topological polar surface area (TPSA) is 113 Å². The fourth-order valence-electron chi connectivity index (χ4n) is 6.12. The minimum atomic E-state index is -5.08. The molecule has 11 heteroatoms. The average molecular weight is 590 g/mol. The summed E-state index contributed by atoms with van der Waals surface area (Å²) in [4.78, 5) is 37.8. The molecule has 8 nitrogen and oxygen atoms in total. The van der Waals surface area contributed by atoms with Crippen LogP contribution in [0, 0.1) is 5.41 Å². The van der Waals surface area contributed by atoms with Crippen LogP contribution in [0.1, 0.15) is 66.6 Å². The van der Waals surface area contributed by atoms with Crippen LogP contribution < -0.4 is 10.5 Å². The van der Waals surface area contributed by atoms with Crippen LogP contribution >= 0.6 is 0 Å². The molecule has 3 aliphatic rings. The molecule has 0 radical (unpaired) electrons. The molecule has 5 rings (SSSR count). The Morgan fingerprint density at radius 1 is 0.976 bits per heavy atom. The van der Waals surface area contributed by atoms with Gasteiger partial charge in [-0.2, -0.15) is 13.2 Å². The number of aliphatic carboxylic acids is 1. The SMILES string of the molecule is CC1(C)Cc2c(CN3CCC4(CC3)CCN(C(=O)c3cccc(CC(N)=O)c3)CC4)cccc2O1.O=C(O)C(F)(F)F. The Morgan fingerprint density at radius 3 is 2.17 bits per heavy atom. The zero-order valence-electron chi connectivity index (χ0n) is 24.0. The number of hydrogen-bond acceptors (Lipinski definition) is 5. The van der Waals surface area contributed by atoms with Gasteiger partial charge in [0.25, 0.3) is 5.91 Å². The van der Waals surface area contributed by atoms with Crippen molar-refractivity contribution in [3.8, 4) is 5.75 Å². The van der Waals surface area contributed by atoms with E-state index in [0.717, 1.165) is 63.3 Å². The standard InChI is InChI=1S/C29H37N3O3.C2HF3O2/c1-28(2)19-24-23(7-4-8-25(24)35-28)20-31-13-9-29(10-14-31)11-15-32(16-12-29)27(34)22-6-3-5-21(17-22)18-26(30)33;3-2(4,5)1(6)7/h3-8,17H,9-16,18-20H2,1-2H3,(H2,30,33);(H,6,7). The van der Waals surface area contributed by atoms with E-state index >= 15 is 0 Å². The molecule has 0 atom stereocenters. The molecule has 2 fully saturated rings. The Hall–Kier alpha value is -3.60. The van der Waals surface area contributed by atoms with Crippen LogP contribution in [0.5, 0.6) is 5.75 Å². The Bertz CT molecular complexity index is 1310. The van der Waals surface area contributed by atoms with E-state index in [1.807, 2.05) is 29.2 Å². The summed E-state index contributed by atoms with van der Waals surface area (Å²) in [6.07, 6.45) is 0.579. The molecule has 1 spiro atoms. The number of primary amides is 1. The number of halogens is 3. The van der Waals surface area contributed by atoms with Gasteiger partial charge in [-0.15, -0.1) is 0 Å². The Kier molecular flexibility index (Phi) is 9.20. The second kappa shape index (κ2) is 12.3. The fourth-order valence-corrected chi connectivity index (χ4v) is 6.12. The van der Waals surface area contributed by atoms with E-state index in [4.69, 9.17) is 20.4 Å². The molecule has 0 aromatic heterocycles. The lowest BCUT2D eigenvalue weighted by molar-refractivity contribution is -0.192. The van der Waals surface area contributed by atoms with Gasteiger partial charge in [0, 0.05) is 37.2 Å². The number of nitrogens with zero attached hydrogens (tertiary/aromatic N) is 2. The van der Waals surface area contributed by atoms with Crippen LogP contribution in [-0.4, -0.2) is 70.6 Å². The highest BCUT2D eigenvalue weighted by Gasteiger charge is 2.40. The van der Waals surface area contributed by atoms with E-state index in [2.05, 4.69) is 36.9 Å². The zero-order chi connectivity index (χ0) is 30.7. The summed E-state index contributed by atoms with van der Waals surface area (Å²) in [6.45, 7) is 9.14. The lowest BCUT2D eigenvalue weighted by Crippen LogP contribution is -2.48. The average Bonchev–Trinajstić information content (AvgIpc) is 3.25. The quantitative estimate of drug-likeness (QED) is 0.528. The molecule has 228 valence electrons. The number of fused-ring (bicyclic) bond motifs is 1. The molecular weight excluding hydrogens is 551 g/mol. The second-order valence-corrected chi connectivity index (χ2v) is 12.1. The van der Waals surface area contributed by atoms with E-state index in [1.54, 1.807) is 0 Å². The largest absolute Gasteiger partial charge is 0.490 e. The minimum absolute atomic E-state index is 0.0617. The number of piperidine rings is 2. The van der Waals surface area contributed by atoms with Crippen LogP contribution in [0.15, 0.2) is 42.5 Å². The number of nitrogens with two attached hydrogens (primary N) is 1. The number of carboxylic acids is 1. The first-order chi connectivity index (χ1) is 19.7. The zero-order valence-corrected chi connectivity index (χ0v) is 24.0. The van der Waals surface area contributed by atoms with Crippen LogP contribution in [-0.2, 0) is 29.0 Å². The highest BCUT2D eigenvalue weighted by atomic mass is 19.4. The molecule has 3 N–H and O–H groups in total. The number of carbonyl (C=O) groups excluding carboxylic acids is 2. The van der Waals surface area contributed by atoms with Gasteiger partial charge in [-0.25, -0.2) is 4.79 Å². The normalized spacial score (nSPS) is 19.3. The molecule has 2 saturated heterocycles. The first kappa shape index (κ1) is 31.3. The third-order valence-corrected chi connectivity index (χ3v) is 8.44. The first-order valence-electron chi connectivity index (χ1n) is 14.2. The summed E-state index contributed by atoms with van der Waals surface area (Å²) >= 11 is 0. The predicted molar refractivity (Wildman–Crippen MR) is 150 cm³/mol. The van der Waals surface area contributed by atoms with Crippen LogP contribution in [0.2, 0.25) is 0 Å². The second-order valence-electron chi connectivity index (χ2n) is 12.1. The van der Waals surface area contributed by atoms with E-state index in [9.17, 15) is 22.8 Å². The maximum atomic E-state index is 13.1. The molecule has 2 aromatic carbocycles. The van der Waals surface area contributed by atoms with Gasteiger partial charge in [0.15, 0.2) is 0 Å². The smallest absolute Gasteiger partial charge is 0.487 e. The molecule has 3 aliphatic heterocycles. The van der Waals surface area contributed by atoms with Crippen LogP contribution in [0.3, 0.4) is 0 Å². The van der Waals surface area contributed by atoms with Crippen LogP contribution in [0.4, 0.5) is 13.2 Å². The number of rotatable bonds is 5. The molecule has 0 unspecified atom stereocenters. The Morgan fingerprint density at radius 2 is 1.57 bits per heavy atom. The van der Waals surface area contributed by atoms with Crippen molar-refractivity contribution in [1.29, 1.82) is 0 Å². The molecule has 3 heterocycles. The molecule has 0 bridgehead atoms. The third kappa shape index (κ3) is 7.81. The lowest BCUT2D eigenvalue weighted by atomic mass is 9.71. The molecular formula is C31H38F3N3O5. The van der Waals surface area contributed by atoms with Crippen molar-refractivity contribution >= 4 is 17.8 Å². The first-order valence-corrected chi connectivity index (χ1v) is 14.2. The van der Waals surface area contributed by atoms with Gasteiger partial charge in [-0.3, -0.25) is 14.5 Å². The molecule has 2 amide bonds. The third-order valence-electron chi connectivity index (χ3n) is 8.44. The van der Waals surface area contributed by atoms with Gasteiger partial charge < -0.3 is 20.5 Å². The number of likely N-dealkylation sites (tertiary alicyclic amines) is 2. The van der Waals surface area contributed by atoms with Crippen molar-refractivity contribution in [1.82, 2.24) is 9.80 Å². The Labute approximate surface area is 243 Å². The summed E-state index contributed by atoms with van der Waals surface area (Å²) in [5.41, 5.74) is 9.79. The van der Waals surface area contributed by atoms with Gasteiger partial charge in [-0.1, -0.05) is 24.3 Å². The van der Waals surface area contributed by atoms with E-state index in [0.29, 0.717) is 11.0 Å². The highest BCUT2D eigenvalue weighted by molar-refractivity contribution is 5.94. The predicted octanol–water partition coefficient (Wildman–Crippen LogP) is 4.58. The fraction of sp³-hybridized carbons (Fsp3) is 0.516. The van der Waals surface area contributed by atoms with Gasteiger partial charge in [0.05, 0.1) is 6.42 Å². The lowest BCUT2D eigenvalue weighted by Gasteiger charge is -2.47. The molecule has 0 aliphatic carbocycles. The summed E-state index contributed by atoms with van der Waals surface area (Å²) in [7, 11) is 0. The van der Waals surface area contributed by atoms with Gasteiger partial charge in [0.2, 0.25) is 5.91 Å². The van der Waals surface area contributed by atoms with Gasteiger partial charge in [0.1, 0.15) is 11.4 Å². The molecule has 42 heavy (non-hydrogen) atoms. The van der Waals surface area contributed by atoms with E-state index in [1.165, 1.54) is 24.0 Å². The molecule has 0 saturated carbocycles. The Balaban J connectivity index is 0.000000517. The van der Waals surface area contributed by atoms with Crippen LogP contribution in [0.25, 0.3) is 0 Å². The number of hydrogen-bond donors (Lipinski definition) is 2. The summed E-state index contributed by atoms with van der Waals surface area (Å²) < 4.78 is 37.9. The maximum absolute atomic E-state index is 13.1. The van der Waals surface area contributed by atoms with Crippen molar-refractivity contribution in [2.24, 2.45) is 11.1 Å². The number of alkyl halides is 3. The van der Waals surface area contributed by atoms with Gasteiger partial charge in [-0.05, 0) is 87.4 Å². The number of benzene rings is 2. The number of amides is 2. The maximum Gasteiger partial charge on any atom is 0.490 e. The van der Waals surface area contributed by atoms with Crippen molar-refractivity contribution in [2.45, 2.75) is 70.7 Å². The van der Waals surface area contributed by atoms with E-state index in [-0.39, 0.29) is 23.8 Å². The van der Waals surface area contributed by atoms with Crippen molar-refractivity contribution in [2.75, 3.05) is 26.2 Å². The van der Waals surface area contributed by atoms with Crippen molar-refractivity contribution < 1.29 is 37.4 Å². The number of carbonyl (C=O) groups is 3. The van der Waals surface area contributed by atoms with E-state index < -0.39 is 12.1 Å². The van der Waals surface area contributed by atoms with Crippen molar-refractivity contribution in [3.05, 3.63) is 64.7 Å². The molecule has 2 aromatic rings. The monoisotopic (exact) mass is 589 g/mol. The minimum Gasteiger partial charge on any atom is -0.487 e. The highest BCUT2D eigenvalue weighted by Crippen LogP contribution is 2.43. The summed E-state index contributed by atoms with van der Waals surface area (Å²) in [6, 6.07) is 13.8. The summed E-state index contributed by atoms with van der Waals surface area (Å²) in [5.74, 6) is -2.02. The van der Waals surface area contributed by atoms with Gasteiger partial charge >= 0.3 is 12.1 Å². The number of ether oxygens (including phenoxy) is 1. The van der Waals surface area contributed by atoms with Crippen molar-refractivity contribution in [3.63, 3.8) is 0 Å². The summed E-state index contributed by atoms with van der Waals surface area (Å²) in [5, 5.41) is 7.12.